The summed E-state index contributed by atoms with van der Waals surface area (Å²) in [7, 11) is 0. The first-order valence-corrected chi connectivity index (χ1v) is 7.66. The maximum atomic E-state index is 11.2. The van der Waals surface area contributed by atoms with Gasteiger partial charge >= 0.3 is 5.97 Å². The van der Waals surface area contributed by atoms with Crippen molar-refractivity contribution in [3.05, 3.63) is 33.5 Å². The highest BCUT2D eigenvalue weighted by molar-refractivity contribution is 7.13. The molecule has 4 nitrogen and oxygen atoms in total. The monoisotopic (exact) mass is 296 g/mol. The van der Waals surface area contributed by atoms with Gasteiger partial charge < -0.3 is 10.4 Å². The Bertz CT molecular complexity index is 561. The Hall–Kier alpha value is -1.40. The first-order valence-electron chi connectivity index (χ1n) is 5.90. The van der Waals surface area contributed by atoms with Crippen LogP contribution < -0.4 is 5.32 Å². The van der Waals surface area contributed by atoms with Crippen LogP contribution in [0.25, 0.3) is 0 Å². The van der Waals surface area contributed by atoms with Gasteiger partial charge in [-0.2, -0.15) is 0 Å². The summed E-state index contributed by atoms with van der Waals surface area (Å²) < 4.78 is 0. The third kappa shape index (κ3) is 2.96. The molecule has 2 aromatic rings. The highest BCUT2D eigenvalue weighted by Crippen LogP contribution is 2.30. The SMILES string of the molecule is CC(Nc1nc(C(C)(C)C(=O)O)cs1)c1cccs1. The fourth-order valence-electron chi connectivity index (χ4n) is 1.53. The predicted octanol–water partition coefficient (Wildman–Crippen LogP) is 3.74. The quantitative estimate of drug-likeness (QED) is 0.882. The van der Waals surface area contributed by atoms with E-state index in [2.05, 4.69) is 23.3 Å². The standard InChI is InChI=1S/C13H16N2O2S2/c1-8(9-5-4-6-18-9)14-12-15-10(7-19-12)13(2,3)11(16)17/h4-8H,1-3H3,(H,14,15)(H,16,17). The van der Waals surface area contributed by atoms with Gasteiger partial charge in [-0.05, 0) is 32.2 Å². The lowest BCUT2D eigenvalue weighted by molar-refractivity contribution is -0.142. The Kier molecular flexibility index (Phi) is 3.91. The third-order valence-corrected chi connectivity index (χ3v) is 4.82. The number of nitrogens with one attached hydrogen (secondary N) is 1. The van der Waals surface area contributed by atoms with Gasteiger partial charge in [0.15, 0.2) is 5.13 Å². The van der Waals surface area contributed by atoms with E-state index in [1.165, 1.54) is 16.2 Å². The second-order valence-electron chi connectivity index (χ2n) is 4.85. The van der Waals surface area contributed by atoms with Crippen LogP contribution >= 0.6 is 22.7 Å². The summed E-state index contributed by atoms with van der Waals surface area (Å²) in [6.45, 7) is 5.39. The Morgan fingerprint density at radius 3 is 2.79 bits per heavy atom. The number of anilines is 1. The summed E-state index contributed by atoms with van der Waals surface area (Å²) in [4.78, 5) is 16.8. The van der Waals surface area contributed by atoms with Crippen molar-refractivity contribution in [2.45, 2.75) is 32.2 Å². The van der Waals surface area contributed by atoms with E-state index >= 15 is 0 Å². The Balaban J connectivity index is 2.12. The van der Waals surface area contributed by atoms with Gasteiger partial charge in [-0.1, -0.05) is 6.07 Å². The van der Waals surface area contributed by atoms with Crippen LogP contribution in [0.2, 0.25) is 0 Å². The van der Waals surface area contributed by atoms with Crippen LogP contribution in [-0.2, 0) is 10.2 Å². The van der Waals surface area contributed by atoms with Crippen molar-refractivity contribution in [1.29, 1.82) is 0 Å². The third-order valence-electron chi connectivity index (χ3n) is 2.99. The van der Waals surface area contributed by atoms with E-state index in [9.17, 15) is 9.90 Å². The largest absolute Gasteiger partial charge is 0.481 e. The number of aromatic nitrogens is 1. The topological polar surface area (TPSA) is 62.2 Å². The van der Waals surface area contributed by atoms with Crippen LogP contribution in [0, 0.1) is 0 Å². The van der Waals surface area contributed by atoms with Gasteiger partial charge in [0.05, 0.1) is 11.7 Å². The van der Waals surface area contributed by atoms with E-state index in [-0.39, 0.29) is 6.04 Å². The summed E-state index contributed by atoms with van der Waals surface area (Å²) in [5.41, 5.74) is -0.367. The molecule has 0 saturated heterocycles. The minimum atomic E-state index is -0.956. The molecule has 0 radical (unpaired) electrons. The first-order chi connectivity index (χ1) is 8.91. The number of rotatable bonds is 5. The van der Waals surface area contributed by atoms with Crippen LogP contribution in [0.5, 0.6) is 0 Å². The van der Waals surface area contributed by atoms with Crippen LogP contribution in [0.1, 0.15) is 37.4 Å². The number of thiophene rings is 1. The molecule has 0 aliphatic heterocycles. The molecular formula is C13H16N2O2S2. The molecule has 2 N–H and O–H groups in total. The lowest BCUT2D eigenvalue weighted by Gasteiger charge is -2.16. The second-order valence-corrected chi connectivity index (χ2v) is 6.69. The molecule has 0 fully saturated rings. The molecule has 2 heterocycles. The average Bonchev–Trinajstić information content (AvgIpc) is 2.99. The fraction of sp³-hybridized carbons (Fsp3) is 0.385. The summed E-state index contributed by atoms with van der Waals surface area (Å²) >= 11 is 3.13. The van der Waals surface area contributed by atoms with Crippen molar-refractivity contribution >= 4 is 33.8 Å². The Morgan fingerprint density at radius 2 is 2.21 bits per heavy atom. The van der Waals surface area contributed by atoms with Gasteiger partial charge in [0.2, 0.25) is 0 Å². The molecule has 0 saturated carbocycles. The predicted molar refractivity (Wildman–Crippen MR) is 79.1 cm³/mol. The van der Waals surface area contributed by atoms with E-state index in [1.54, 1.807) is 30.6 Å². The minimum Gasteiger partial charge on any atom is -0.481 e. The molecule has 102 valence electrons. The molecule has 0 spiro atoms. The molecule has 0 aliphatic rings. The average molecular weight is 296 g/mol. The molecule has 0 aliphatic carbocycles. The number of hydrogen-bond acceptors (Lipinski definition) is 5. The van der Waals surface area contributed by atoms with E-state index in [4.69, 9.17) is 0 Å². The Morgan fingerprint density at radius 1 is 1.47 bits per heavy atom. The number of nitrogens with zero attached hydrogens (tertiary/aromatic N) is 1. The highest BCUT2D eigenvalue weighted by Gasteiger charge is 2.32. The second kappa shape index (κ2) is 5.30. The van der Waals surface area contributed by atoms with Crippen LogP contribution in [-0.4, -0.2) is 16.1 Å². The number of aliphatic carboxylic acids is 1. The molecule has 19 heavy (non-hydrogen) atoms. The van der Waals surface area contributed by atoms with Crippen LogP contribution in [0.3, 0.4) is 0 Å². The molecule has 1 atom stereocenters. The first kappa shape index (κ1) is 14.0. The number of carboxylic acid groups (broad SMARTS) is 1. The van der Waals surface area contributed by atoms with Gasteiger partial charge in [-0.25, -0.2) is 4.98 Å². The van der Waals surface area contributed by atoms with Crippen LogP contribution in [0.4, 0.5) is 5.13 Å². The summed E-state index contributed by atoms with van der Waals surface area (Å²) in [6, 6.07) is 4.25. The lowest BCUT2D eigenvalue weighted by Crippen LogP contribution is -2.28. The normalized spacial score (nSPS) is 13.2. The Labute approximate surface area is 120 Å². The van der Waals surface area contributed by atoms with Gasteiger partial charge in [-0.3, -0.25) is 4.79 Å². The molecule has 2 aromatic heterocycles. The van der Waals surface area contributed by atoms with Crippen molar-refractivity contribution in [1.82, 2.24) is 4.98 Å². The molecule has 0 aromatic carbocycles. The summed E-state index contributed by atoms with van der Waals surface area (Å²) in [5, 5.41) is 17.1. The van der Waals surface area contributed by atoms with E-state index in [1.807, 2.05) is 11.4 Å². The van der Waals surface area contributed by atoms with Crippen LogP contribution in [0.15, 0.2) is 22.9 Å². The summed E-state index contributed by atoms with van der Waals surface area (Å²) in [6.07, 6.45) is 0. The molecule has 6 heteroatoms. The maximum absolute atomic E-state index is 11.2. The van der Waals surface area contributed by atoms with Crippen molar-refractivity contribution in [3.63, 3.8) is 0 Å². The zero-order valence-corrected chi connectivity index (χ0v) is 12.6. The fourth-order valence-corrected chi connectivity index (χ4v) is 3.23. The van der Waals surface area contributed by atoms with Crippen molar-refractivity contribution < 1.29 is 9.90 Å². The smallest absolute Gasteiger partial charge is 0.315 e. The number of hydrogen-bond donors (Lipinski definition) is 2. The maximum Gasteiger partial charge on any atom is 0.315 e. The van der Waals surface area contributed by atoms with Crippen molar-refractivity contribution in [2.75, 3.05) is 5.32 Å². The molecule has 0 bridgehead atoms. The van der Waals surface area contributed by atoms with Gasteiger partial charge in [0, 0.05) is 10.3 Å². The molecule has 1 unspecified atom stereocenters. The number of thiazole rings is 1. The molecule has 2 rings (SSSR count). The van der Waals surface area contributed by atoms with Gasteiger partial charge in [-0.15, -0.1) is 22.7 Å². The molecule has 0 amide bonds. The highest BCUT2D eigenvalue weighted by atomic mass is 32.1. The number of carbonyl (C=O) groups is 1. The zero-order chi connectivity index (χ0) is 14.0. The van der Waals surface area contributed by atoms with Crippen molar-refractivity contribution in [3.8, 4) is 0 Å². The number of carboxylic acids is 1. The van der Waals surface area contributed by atoms with Gasteiger partial charge in [0.1, 0.15) is 5.41 Å². The minimum absolute atomic E-state index is 0.173. The summed E-state index contributed by atoms with van der Waals surface area (Å²) in [5.74, 6) is -0.865. The van der Waals surface area contributed by atoms with E-state index < -0.39 is 11.4 Å². The zero-order valence-electron chi connectivity index (χ0n) is 11.0. The molecular weight excluding hydrogens is 280 g/mol. The van der Waals surface area contributed by atoms with Gasteiger partial charge in [0.25, 0.3) is 0 Å². The van der Waals surface area contributed by atoms with E-state index in [0.29, 0.717) is 5.69 Å². The van der Waals surface area contributed by atoms with Crippen molar-refractivity contribution in [2.24, 2.45) is 0 Å². The lowest BCUT2D eigenvalue weighted by atomic mass is 9.90. The van der Waals surface area contributed by atoms with E-state index in [0.717, 1.165) is 5.13 Å².